The third-order valence-corrected chi connectivity index (χ3v) is 8.01. The van der Waals surface area contributed by atoms with Crippen LogP contribution in [0.5, 0.6) is 5.75 Å². The fraction of sp³-hybridized carbons (Fsp3) is 0.316. The topological polar surface area (TPSA) is 106 Å². The van der Waals surface area contributed by atoms with Gasteiger partial charge in [-0.1, -0.05) is 91.0 Å². The molecule has 46 heavy (non-hydrogen) atoms. The van der Waals surface area contributed by atoms with E-state index in [1.165, 1.54) is 0 Å². The highest BCUT2D eigenvalue weighted by molar-refractivity contribution is 5.80. The van der Waals surface area contributed by atoms with Crippen LogP contribution in [0.2, 0.25) is 0 Å². The van der Waals surface area contributed by atoms with Gasteiger partial charge in [-0.2, -0.15) is 0 Å². The first-order valence-electron chi connectivity index (χ1n) is 15.6. The van der Waals surface area contributed by atoms with Gasteiger partial charge in [-0.25, -0.2) is 9.59 Å². The summed E-state index contributed by atoms with van der Waals surface area (Å²) in [6, 6.07) is 31.5. The van der Waals surface area contributed by atoms with Crippen molar-refractivity contribution in [1.29, 1.82) is 0 Å². The SMILES string of the molecule is COc1cccc(C(NC[C@@H](O)[C@H](Cc2ccccc2)NC(=O)OC(C)(C)C)C(=O)OCC2c3ccccc3-c3ccccc32)c1. The van der Waals surface area contributed by atoms with Crippen LogP contribution in [0.15, 0.2) is 103 Å². The Labute approximate surface area is 270 Å². The molecule has 0 radical (unpaired) electrons. The van der Waals surface area contributed by atoms with Gasteiger partial charge < -0.3 is 24.6 Å². The van der Waals surface area contributed by atoms with Crippen LogP contribution in [0.4, 0.5) is 4.79 Å². The van der Waals surface area contributed by atoms with Crippen LogP contribution in [-0.4, -0.2) is 55.2 Å². The van der Waals surface area contributed by atoms with Crippen LogP contribution >= 0.6 is 0 Å². The average Bonchev–Trinajstić information content (AvgIpc) is 3.36. The van der Waals surface area contributed by atoms with E-state index in [0.29, 0.717) is 17.7 Å². The van der Waals surface area contributed by atoms with Gasteiger partial charge in [-0.05, 0) is 72.7 Å². The zero-order valence-corrected chi connectivity index (χ0v) is 26.7. The number of nitrogens with one attached hydrogen (secondary N) is 2. The number of benzene rings is 4. The Kier molecular flexibility index (Phi) is 10.4. The fourth-order valence-corrected chi connectivity index (χ4v) is 5.84. The van der Waals surface area contributed by atoms with Crippen molar-refractivity contribution in [3.8, 4) is 16.9 Å². The number of rotatable bonds is 12. The van der Waals surface area contributed by atoms with Crippen LogP contribution < -0.4 is 15.4 Å². The van der Waals surface area contributed by atoms with Gasteiger partial charge >= 0.3 is 12.1 Å². The van der Waals surface area contributed by atoms with Gasteiger partial charge in [0.15, 0.2) is 0 Å². The predicted octanol–water partition coefficient (Wildman–Crippen LogP) is 6.18. The Balaban J connectivity index is 1.34. The van der Waals surface area contributed by atoms with E-state index >= 15 is 0 Å². The molecule has 0 spiro atoms. The normalized spacial score (nSPS) is 14.4. The fourth-order valence-electron chi connectivity index (χ4n) is 5.84. The predicted molar refractivity (Wildman–Crippen MR) is 178 cm³/mol. The largest absolute Gasteiger partial charge is 0.497 e. The molecule has 0 fully saturated rings. The molecule has 3 N–H and O–H groups in total. The van der Waals surface area contributed by atoms with Crippen LogP contribution in [0.3, 0.4) is 0 Å². The number of carbonyl (C=O) groups excluding carboxylic acids is 2. The maximum atomic E-state index is 13.8. The molecule has 0 bridgehead atoms. The number of aliphatic hydroxyl groups is 1. The molecule has 1 aliphatic rings. The number of alkyl carbamates (subject to hydrolysis) is 1. The van der Waals surface area contributed by atoms with E-state index in [1.807, 2.05) is 60.7 Å². The molecular weight excluding hydrogens is 580 g/mol. The van der Waals surface area contributed by atoms with Crippen molar-refractivity contribution >= 4 is 12.1 Å². The van der Waals surface area contributed by atoms with Crippen molar-refractivity contribution in [2.24, 2.45) is 0 Å². The molecule has 1 amide bonds. The lowest BCUT2D eigenvalue weighted by atomic mass is 9.98. The van der Waals surface area contributed by atoms with Gasteiger partial charge in [-0.15, -0.1) is 0 Å². The first-order valence-corrected chi connectivity index (χ1v) is 15.6. The molecule has 3 atom stereocenters. The quantitative estimate of drug-likeness (QED) is 0.162. The highest BCUT2D eigenvalue weighted by Gasteiger charge is 2.32. The summed E-state index contributed by atoms with van der Waals surface area (Å²) < 4.78 is 16.9. The molecule has 8 nitrogen and oxygen atoms in total. The maximum Gasteiger partial charge on any atom is 0.407 e. The van der Waals surface area contributed by atoms with E-state index in [1.54, 1.807) is 46.1 Å². The standard InChI is InChI=1S/C38H42N2O6/c1-38(2,3)46-37(43)40-33(21-25-13-6-5-7-14-25)34(41)23-39-35(26-15-12-16-27(22-26)44-4)36(42)45-24-32-30-19-10-8-17-28(30)29-18-9-11-20-31(29)32/h5-20,22,32-35,39,41H,21,23-24H2,1-4H3,(H,40,43)/t33-,34+,35?/m0/s1. The average molecular weight is 623 g/mol. The number of fused-ring (bicyclic) bond motifs is 3. The molecule has 1 unspecified atom stereocenters. The van der Waals surface area contributed by atoms with Crippen molar-refractivity contribution in [3.05, 3.63) is 125 Å². The Bertz CT molecular complexity index is 1590. The molecule has 240 valence electrons. The summed E-state index contributed by atoms with van der Waals surface area (Å²) in [7, 11) is 1.56. The molecule has 4 aromatic carbocycles. The smallest absolute Gasteiger partial charge is 0.407 e. The first kappa shape index (κ1) is 32.7. The Morgan fingerprint density at radius 2 is 1.48 bits per heavy atom. The summed E-state index contributed by atoms with van der Waals surface area (Å²) in [5.74, 6) is 0.00745. The van der Waals surface area contributed by atoms with Gasteiger partial charge in [-0.3, -0.25) is 5.32 Å². The number of hydrogen-bond donors (Lipinski definition) is 3. The molecule has 0 aliphatic heterocycles. The molecule has 4 aromatic rings. The zero-order valence-electron chi connectivity index (χ0n) is 26.7. The van der Waals surface area contributed by atoms with E-state index in [2.05, 4.69) is 34.9 Å². The Morgan fingerprint density at radius 3 is 2.11 bits per heavy atom. The lowest BCUT2D eigenvalue weighted by Gasteiger charge is -2.28. The second-order valence-corrected chi connectivity index (χ2v) is 12.5. The van der Waals surface area contributed by atoms with Crippen LogP contribution in [0, 0.1) is 0 Å². The lowest BCUT2D eigenvalue weighted by Crippen LogP contribution is -2.50. The molecule has 5 rings (SSSR count). The summed E-state index contributed by atoms with van der Waals surface area (Å²) in [5.41, 5.74) is 5.39. The molecule has 0 aromatic heterocycles. The highest BCUT2D eigenvalue weighted by Crippen LogP contribution is 2.44. The van der Waals surface area contributed by atoms with Crippen molar-refractivity contribution in [1.82, 2.24) is 10.6 Å². The Hall–Kier alpha value is -4.66. The minimum atomic E-state index is -1.07. The minimum absolute atomic E-state index is 0.0145. The van der Waals surface area contributed by atoms with Crippen LogP contribution in [0.1, 0.15) is 55.0 Å². The van der Waals surface area contributed by atoms with E-state index in [0.717, 1.165) is 27.8 Å². The molecule has 8 heteroatoms. The summed E-state index contributed by atoms with van der Waals surface area (Å²) in [6.07, 6.45) is -1.34. The number of hydrogen-bond acceptors (Lipinski definition) is 7. The van der Waals surface area contributed by atoms with Gasteiger partial charge in [0.25, 0.3) is 0 Å². The second kappa shape index (κ2) is 14.6. The molecule has 0 saturated carbocycles. The number of carbonyl (C=O) groups is 2. The van der Waals surface area contributed by atoms with Crippen molar-refractivity contribution in [3.63, 3.8) is 0 Å². The Morgan fingerprint density at radius 1 is 0.848 bits per heavy atom. The summed E-state index contributed by atoms with van der Waals surface area (Å²) >= 11 is 0. The van der Waals surface area contributed by atoms with Crippen LogP contribution in [0.25, 0.3) is 11.1 Å². The van der Waals surface area contributed by atoms with Crippen molar-refractivity contribution < 1.29 is 28.9 Å². The van der Waals surface area contributed by atoms with Crippen molar-refractivity contribution in [2.45, 2.75) is 56.9 Å². The highest BCUT2D eigenvalue weighted by atomic mass is 16.6. The molecular formula is C38H42N2O6. The summed E-state index contributed by atoms with van der Waals surface area (Å²) in [4.78, 5) is 26.6. The van der Waals surface area contributed by atoms with Gasteiger partial charge in [0.2, 0.25) is 0 Å². The number of methoxy groups -OCH3 is 1. The zero-order chi connectivity index (χ0) is 32.7. The van der Waals surface area contributed by atoms with Crippen molar-refractivity contribution in [2.75, 3.05) is 20.3 Å². The summed E-state index contributed by atoms with van der Waals surface area (Å²) in [6.45, 7) is 5.49. The molecule has 0 saturated heterocycles. The third-order valence-electron chi connectivity index (χ3n) is 8.01. The summed E-state index contributed by atoms with van der Waals surface area (Å²) in [5, 5.41) is 17.4. The second-order valence-electron chi connectivity index (χ2n) is 12.5. The number of amides is 1. The van der Waals surface area contributed by atoms with E-state index in [9.17, 15) is 14.7 Å². The maximum absolute atomic E-state index is 13.8. The lowest BCUT2D eigenvalue weighted by molar-refractivity contribution is -0.146. The van der Waals surface area contributed by atoms with Crippen LogP contribution in [-0.2, 0) is 20.7 Å². The molecule has 0 heterocycles. The number of ether oxygens (including phenoxy) is 3. The molecule has 1 aliphatic carbocycles. The van der Waals surface area contributed by atoms with Gasteiger partial charge in [0.1, 0.15) is 24.0 Å². The first-order chi connectivity index (χ1) is 22.1. The van der Waals surface area contributed by atoms with Gasteiger partial charge in [0, 0.05) is 12.5 Å². The third kappa shape index (κ3) is 8.13. The minimum Gasteiger partial charge on any atom is -0.497 e. The number of aliphatic hydroxyl groups excluding tert-OH is 1. The van der Waals surface area contributed by atoms with E-state index in [4.69, 9.17) is 14.2 Å². The monoisotopic (exact) mass is 622 g/mol. The van der Waals surface area contributed by atoms with E-state index < -0.39 is 35.9 Å². The van der Waals surface area contributed by atoms with E-state index in [-0.39, 0.29) is 19.1 Å². The van der Waals surface area contributed by atoms with Gasteiger partial charge in [0.05, 0.1) is 19.3 Å². The number of esters is 1.